The number of nitrogens with zero attached hydrogens (tertiary/aromatic N) is 2. The van der Waals surface area contributed by atoms with Gasteiger partial charge in [0.05, 0.1) is 4.92 Å². The third kappa shape index (κ3) is 1.38. The minimum Gasteiger partial charge on any atom is -0.263 e. The Morgan fingerprint density at radius 2 is 1.60 bits per heavy atom. The van der Waals surface area contributed by atoms with E-state index in [9.17, 15) is 20.2 Å². The Morgan fingerprint density at radius 1 is 0.950 bits per heavy atom. The van der Waals surface area contributed by atoms with Crippen LogP contribution in [0.1, 0.15) is 18.1 Å². The first-order valence-electron chi connectivity index (χ1n) is 5.99. The van der Waals surface area contributed by atoms with Crippen LogP contribution in [0.5, 0.6) is 0 Å². The van der Waals surface area contributed by atoms with Crippen LogP contribution in [0.3, 0.4) is 0 Å². The van der Waals surface area contributed by atoms with E-state index in [4.69, 9.17) is 0 Å². The van der Waals surface area contributed by atoms with Crippen molar-refractivity contribution in [3.8, 4) is 11.1 Å². The zero-order valence-electron chi connectivity index (χ0n) is 10.6. The summed E-state index contributed by atoms with van der Waals surface area (Å²) in [5.41, 5.74) is 0.808. The molecule has 0 heterocycles. The number of hydrogen-bond acceptors (Lipinski definition) is 4. The maximum absolute atomic E-state index is 11.6. The zero-order chi connectivity index (χ0) is 14.5. The van der Waals surface area contributed by atoms with Gasteiger partial charge in [-0.15, -0.1) is 0 Å². The Morgan fingerprint density at radius 3 is 2.25 bits per heavy atom. The molecule has 1 aliphatic carbocycles. The first kappa shape index (κ1) is 12.3. The van der Waals surface area contributed by atoms with Gasteiger partial charge in [-0.05, 0) is 17.2 Å². The molecular formula is C14H10N2O4. The van der Waals surface area contributed by atoms with E-state index < -0.39 is 10.5 Å². The number of fused-ring (bicyclic) bond motifs is 3. The lowest BCUT2D eigenvalue weighted by Crippen LogP contribution is -2.30. The molecule has 6 nitrogen and oxygen atoms in total. The van der Waals surface area contributed by atoms with Gasteiger partial charge in [-0.1, -0.05) is 24.3 Å². The van der Waals surface area contributed by atoms with Gasteiger partial charge in [0.2, 0.25) is 0 Å². The molecule has 2 aromatic carbocycles. The molecule has 0 saturated heterocycles. The fourth-order valence-electron chi connectivity index (χ4n) is 2.77. The van der Waals surface area contributed by atoms with Crippen molar-refractivity contribution in [2.24, 2.45) is 0 Å². The molecule has 1 aliphatic rings. The van der Waals surface area contributed by atoms with Crippen LogP contribution >= 0.6 is 0 Å². The summed E-state index contributed by atoms with van der Waals surface area (Å²) < 4.78 is 0. The van der Waals surface area contributed by atoms with Crippen molar-refractivity contribution >= 4 is 5.69 Å². The molecule has 0 aromatic heterocycles. The summed E-state index contributed by atoms with van der Waals surface area (Å²) in [6.45, 7) is 1.49. The van der Waals surface area contributed by atoms with Crippen LogP contribution < -0.4 is 0 Å². The highest BCUT2D eigenvalue weighted by Crippen LogP contribution is 2.49. The molecule has 0 N–H and O–H groups in total. The molecule has 0 saturated carbocycles. The predicted octanol–water partition coefficient (Wildman–Crippen LogP) is 3.12. The fourth-order valence-corrected chi connectivity index (χ4v) is 2.77. The molecule has 1 unspecified atom stereocenters. The smallest absolute Gasteiger partial charge is 0.263 e. The van der Waals surface area contributed by atoms with Crippen LogP contribution in [-0.2, 0) is 5.54 Å². The number of hydrogen-bond donors (Lipinski definition) is 0. The highest BCUT2D eigenvalue weighted by molar-refractivity contribution is 5.80. The van der Waals surface area contributed by atoms with Gasteiger partial charge in [-0.2, -0.15) is 0 Å². The summed E-state index contributed by atoms with van der Waals surface area (Å²) >= 11 is 0. The third-order valence-corrected chi connectivity index (χ3v) is 3.85. The van der Waals surface area contributed by atoms with E-state index in [0.29, 0.717) is 16.7 Å². The van der Waals surface area contributed by atoms with Gasteiger partial charge in [-0.25, -0.2) is 0 Å². The Bertz CT molecular complexity index is 757. The molecule has 0 bridgehead atoms. The van der Waals surface area contributed by atoms with Crippen molar-refractivity contribution in [1.82, 2.24) is 0 Å². The van der Waals surface area contributed by atoms with E-state index in [0.717, 1.165) is 5.56 Å². The van der Waals surface area contributed by atoms with E-state index >= 15 is 0 Å². The van der Waals surface area contributed by atoms with E-state index in [2.05, 4.69) is 0 Å². The molecule has 2 aromatic rings. The Hall–Kier alpha value is -2.76. The zero-order valence-corrected chi connectivity index (χ0v) is 10.6. The second kappa shape index (κ2) is 3.86. The number of non-ortho nitro benzene ring substituents is 1. The fraction of sp³-hybridized carbons (Fsp3) is 0.143. The first-order valence-corrected chi connectivity index (χ1v) is 5.99. The maximum Gasteiger partial charge on any atom is 0.270 e. The average molecular weight is 270 g/mol. The molecule has 0 aliphatic heterocycles. The van der Waals surface area contributed by atoms with Gasteiger partial charge in [0, 0.05) is 35.1 Å². The Kier molecular flexibility index (Phi) is 2.37. The maximum atomic E-state index is 11.6. The molecule has 3 rings (SSSR count). The van der Waals surface area contributed by atoms with Crippen LogP contribution in [0.15, 0.2) is 42.5 Å². The topological polar surface area (TPSA) is 86.3 Å². The van der Waals surface area contributed by atoms with Gasteiger partial charge in [0.15, 0.2) is 0 Å². The standard InChI is InChI=1S/C14H10N2O4/c1-14(16(19)20)12-5-3-2-4-10(12)11-7-6-9(15(17)18)8-13(11)14/h2-8H,1H3. The molecule has 0 amide bonds. The van der Waals surface area contributed by atoms with E-state index in [1.165, 1.54) is 19.1 Å². The van der Waals surface area contributed by atoms with Crippen molar-refractivity contribution in [3.63, 3.8) is 0 Å². The SMILES string of the molecule is CC1([N+](=O)[O-])c2ccccc2-c2ccc([N+](=O)[O-])cc21. The molecule has 0 fully saturated rings. The highest BCUT2D eigenvalue weighted by atomic mass is 16.6. The van der Waals surface area contributed by atoms with Gasteiger partial charge in [0.1, 0.15) is 0 Å². The summed E-state index contributed by atoms with van der Waals surface area (Å²) in [7, 11) is 0. The lowest BCUT2D eigenvalue weighted by molar-refractivity contribution is -0.560. The van der Waals surface area contributed by atoms with E-state index in [1.807, 2.05) is 0 Å². The average Bonchev–Trinajstić information content (AvgIpc) is 2.70. The first-order chi connectivity index (χ1) is 9.46. The van der Waals surface area contributed by atoms with Crippen LogP contribution in [0, 0.1) is 20.2 Å². The summed E-state index contributed by atoms with van der Waals surface area (Å²) in [6, 6.07) is 11.3. The highest BCUT2D eigenvalue weighted by Gasteiger charge is 2.50. The molecule has 0 radical (unpaired) electrons. The quantitative estimate of drug-likeness (QED) is 0.619. The lowest BCUT2D eigenvalue weighted by atomic mass is 9.90. The normalized spacial score (nSPS) is 19.2. The van der Waals surface area contributed by atoms with Gasteiger partial charge < -0.3 is 0 Å². The van der Waals surface area contributed by atoms with Crippen molar-refractivity contribution in [1.29, 1.82) is 0 Å². The molecule has 1 atom stereocenters. The predicted molar refractivity (Wildman–Crippen MR) is 72.0 cm³/mol. The Balaban J connectivity index is 2.37. The minimum atomic E-state index is -1.45. The minimum absolute atomic E-state index is 0.135. The van der Waals surface area contributed by atoms with E-state index in [-0.39, 0.29) is 10.6 Å². The van der Waals surface area contributed by atoms with Crippen molar-refractivity contribution in [3.05, 3.63) is 73.8 Å². The number of benzene rings is 2. The summed E-state index contributed by atoms with van der Waals surface area (Å²) in [5.74, 6) is 0. The van der Waals surface area contributed by atoms with Crippen LogP contribution in [0.4, 0.5) is 5.69 Å². The molecule has 0 spiro atoms. The van der Waals surface area contributed by atoms with Crippen molar-refractivity contribution in [2.45, 2.75) is 12.5 Å². The Labute approximate surface area is 114 Å². The molecular weight excluding hydrogens is 260 g/mol. The number of rotatable bonds is 2. The largest absolute Gasteiger partial charge is 0.270 e. The number of nitro groups is 2. The van der Waals surface area contributed by atoms with Crippen LogP contribution in [-0.4, -0.2) is 9.85 Å². The summed E-state index contributed by atoms with van der Waals surface area (Å²) in [5, 5.41) is 22.5. The molecule has 20 heavy (non-hydrogen) atoms. The van der Waals surface area contributed by atoms with Gasteiger partial charge in [-0.3, -0.25) is 20.2 Å². The lowest BCUT2D eigenvalue weighted by Gasteiger charge is -2.17. The summed E-state index contributed by atoms with van der Waals surface area (Å²) in [6.07, 6.45) is 0. The van der Waals surface area contributed by atoms with Crippen molar-refractivity contribution in [2.75, 3.05) is 0 Å². The van der Waals surface area contributed by atoms with E-state index in [1.54, 1.807) is 30.3 Å². The van der Waals surface area contributed by atoms with Gasteiger partial charge >= 0.3 is 0 Å². The monoisotopic (exact) mass is 270 g/mol. The van der Waals surface area contributed by atoms with Crippen LogP contribution in [0.25, 0.3) is 11.1 Å². The van der Waals surface area contributed by atoms with Crippen LogP contribution in [0.2, 0.25) is 0 Å². The second-order valence-electron chi connectivity index (χ2n) is 4.86. The van der Waals surface area contributed by atoms with Gasteiger partial charge in [0.25, 0.3) is 11.2 Å². The molecule has 100 valence electrons. The number of nitro benzene ring substituents is 1. The second-order valence-corrected chi connectivity index (χ2v) is 4.86. The van der Waals surface area contributed by atoms with Crippen molar-refractivity contribution < 1.29 is 9.85 Å². The summed E-state index contributed by atoms with van der Waals surface area (Å²) in [4.78, 5) is 21.5. The molecule has 6 heteroatoms. The third-order valence-electron chi connectivity index (χ3n) is 3.85.